The first-order valence-electron chi connectivity index (χ1n) is 7.37. The van der Waals surface area contributed by atoms with Crippen molar-refractivity contribution in [1.29, 1.82) is 0 Å². The Balaban J connectivity index is 1.83. The number of benzene rings is 2. The maximum Gasteiger partial charge on any atom is 0.343 e. The number of esters is 1. The lowest BCUT2D eigenvalue weighted by molar-refractivity contribution is -0.115. The second-order valence-corrected chi connectivity index (χ2v) is 6.18. The molecule has 2 aromatic carbocycles. The van der Waals surface area contributed by atoms with Crippen molar-refractivity contribution < 1.29 is 28.2 Å². The first kappa shape index (κ1) is 17.7. The summed E-state index contributed by atoms with van der Waals surface area (Å²) in [5.41, 5.74) is 0.649. The Labute approximate surface area is 152 Å². The maximum atomic E-state index is 13.2. The average molecular weight is 373 g/mol. The zero-order valence-electron chi connectivity index (χ0n) is 13.4. The van der Waals surface area contributed by atoms with Gasteiger partial charge in [0.05, 0.1) is 17.6 Å². The van der Waals surface area contributed by atoms with Crippen LogP contribution in [0.2, 0.25) is 0 Å². The van der Waals surface area contributed by atoms with Gasteiger partial charge in [0.1, 0.15) is 5.82 Å². The first-order chi connectivity index (χ1) is 12.5. The van der Waals surface area contributed by atoms with Crippen LogP contribution in [0.1, 0.15) is 15.9 Å². The normalized spacial score (nSPS) is 15.1. The SMILES string of the molecule is COc1cc(/C=C2\SC(=O)NC2=O)ccc1OC(=O)c1cccc(F)c1. The van der Waals surface area contributed by atoms with Crippen LogP contribution >= 0.6 is 11.8 Å². The van der Waals surface area contributed by atoms with Crippen LogP contribution < -0.4 is 14.8 Å². The standard InChI is InChI=1S/C18H12FNO5S/c1-24-14-7-10(8-15-16(21)20-18(23)26-15)5-6-13(14)25-17(22)11-3-2-4-12(19)9-11/h2-9H,1H3,(H,20,21,23)/b15-8-. The molecule has 1 aliphatic rings. The first-order valence-corrected chi connectivity index (χ1v) is 8.18. The highest BCUT2D eigenvalue weighted by Gasteiger charge is 2.25. The van der Waals surface area contributed by atoms with Gasteiger partial charge in [0.15, 0.2) is 11.5 Å². The molecule has 0 bridgehead atoms. The molecule has 1 N–H and O–H groups in total. The number of carbonyl (C=O) groups is 3. The van der Waals surface area contributed by atoms with Crippen LogP contribution in [-0.4, -0.2) is 24.2 Å². The molecule has 2 aromatic rings. The molecule has 132 valence electrons. The van der Waals surface area contributed by atoms with Crippen molar-refractivity contribution in [3.8, 4) is 11.5 Å². The molecule has 1 fully saturated rings. The van der Waals surface area contributed by atoms with Crippen LogP contribution in [0, 0.1) is 5.82 Å². The number of amides is 2. The summed E-state index contributed by atoms with van der Waals surface area (Å²) in [6.45, 7) is 0. The molecular formula is C18H12FNO5S. The van der Waals surface area contributed by atoms with Crippen molar-refractivity contribution in [2.24, 2.45) is 0 Å². The van der Waals surface area contributed by atoms with E-state index in [1.54, 1.807) is 12.1 Å². The molecule has 0 atom stereocenters. The van der Waals surface area contributed by atoms with E-state index in [2.05, 4.69) is 5.32 Å². The molecule has 0 aromatic heterocycles. The highest BCUT2D eigenvalue weighted by atomic mass is 32.2. The van der Waals surface area contributed by atoms with E-state index in [1.165, 1.54) is 37.5 Å². The molecule has 0 saturated carbocycles. The predicted octanol–water partition coefficient (Wildman–Crippen LogP) is 3.38. The molecule has 0 unspecified atom stereocenters. The van der Waals surface area contributed by atoms with Gasteiger partial charge >= 0.3 is 5.97 Å². The van der Waals surface area contributed by atoms with E-state index < -0.39 is 22.9 Å². The highest BCUT2D eigenvalue weighted by molar-refractivity contribution is 8.18. The highest BCUT2D eigenvalue weighted by Crippen LogP contribution is 2.32. The number of rotatable bonds is 4. The molecular weight excluding hydrogens is 361 g/mol. The van der Waals surface area contributed by atoms with Gasteiger partial charge in [-0.2, -0.15) is 0 Å². The van der Waals surface area contributed by atoms with E-state index in [-0.39, 0.29) is 22.0 Å². The van der Waals surface area contributed by atoms with Gasteiger partial charge in [-0.15, -0.1) is 0 Å². The quantitative estimate of drug-likeness (QED) is 0.503. The number of hydrogen-bond acceptors (Lipinski definition) is 6. The molecule has 1 heterocycles. The molecule has 2 amide bonds. The average Bonchev–Trinajstić information content (AvgIpc) is 2.93. The minimum Gasteiger partial charge on any atom is -0.493 e. The Kier molecular flexibility index (Phi) is 5.04. The molecule has 26 heavy (non-hydrogen) atoms. The van der Waals surface area contributed by atoms with Gasteiger partial charge in [-0.25, -0.2) is 9.18 Å². The Morgan fingerprint density at radius 1 is 1.15 bits per heavy atom. The Hall–Kier alpha value is -3.13. The van der Waals surface area contributed by atoms with Gasteiger partial charge < -0.3 is 9.47 Å². The largest absolute Gasteiger partial charge is 0.493 e. The summed E-state index contributed by atoms with van der Waals surface area (Å²) in [5, 5.41) is 1.73. The van der Waals surface area contributed by atoms with Crippen molar-refractivity contribution >= 4 is 35.0 Å². The van der Waals surface area contributed by atoms with Crippen LogP contribution in [-0.2, 0) is 4.79 Å². The lowest BCUT2D eigenvalue weighted by Crippen LogP contribution is -2.17. The number of hydrogen-bond donors (Lipinski definition) is 1. The van der Waals surface area contributed by atoms with Crippen molar-refractivity contribution in [1.82, 2.24) is 5.32 Å². The van der Waals surface area contributed by atoms with Crippen LogP contribution in [0.4, 0.5) is 9.18 Å². The summed E-state index contributed by atoms with van der Waals surface area (Å²) < 4.78 is 23.7. The van der Waals surface area contributed by atoms with E-state index in [0.29, 0.717) is 5.56 Å². The van der Waals surface area contributed by atoms with Gasteiger partial charge in [-0.3, -0.25) is 14.9 Å². The zero-order valence-corrected chi connectivity index (χ0v) is 14.3. The summed E-state index contributed by atoms with van der Waals surface area (Å²) in [4.78, 5) is 35.2. The van der Waals surface area contributed by atoms with Crippen LogP contribution in [0.25, 0.3) is 6.08 Å². The minimum absolute atomic E-state index is 0.0655. The third kappa shape index (κ3) is 3.92. The third-order valence-electron chi connectivity index (χ3n) is 3.39. The van der Waals surface area contributed by atoms with Gasteiger partial charge in [-0.1, -0.05) is 12.1 Å². The summed E-state index contributed by atoms with van der Waals surface area (Å²) in [6.07, 6.45) is 1.52. The molecule has 0 spiro atoms. The number of imide groups is 1. The van der Waals surface area contributed by atoms with Crippen molar-refractivity contribution in [2.45, 2.75) is 0 Å². The molecule has 0 radical (unpaired) electrons. The molecule has 8 heteroatoms. The molecule has 0 aliphatic carbocycles. The molecule has 6 nitrogen and oxygen atoms in total. The maximum absolute atomic E-state index is 13.2. The number of ether oxygens (including phenoxy) is 2. The summed E-state index contributed by atoms with van der Waals surface area (Å²) in [5.74, 6) is -1.36. The third-order valence-corrected chi connectivity index (χ3v) is 4.20. The molecule has 1 saturated heterocycles. The monoisotopic (exact) mass is 373 g/mol. The van der Waals surface area contributed by atoms with Crippen LogP contribution in [0.3, 0.4) is 0 Å². The fourth-order valence-electron chi connectivity index (χ4n) is 2.20. The van der Waals surface area contributed by atoms with Gasteiger partial charge in [0.25, 0.3) is 11.1 Å². The van der Waals surface area contributed by atoms with Crippen LogP contribution in [0.5, 0.6) is 11.5 Å². The zero-order chi connectivity index (χ0) is 18.7. The lowest BCUT2D eigenvalue weighted by atomic mass is 10.1. The van der Waals surface area contributed by atoms with Crippen molar-refractivity contribution in [2.75, 3.05) is 7.11 Å². The summed E-state index contributed by atoms with van der Waals surface area (Å²) >= 11 is 0.795. The van der Waals surface area contributed by atoms with E-state index in [4.69, 9.17) is 9.47 Å². The minimum atomic E-state index is -0.731. The number of halogens is 1. The summed E-state index contributed by atoms with van der Waals surface area (Å²) in [7, 11) is 1.40. The van der Waals surface area contributed by atoms with E-state index in [0.717, 1.165) is 17.8 Å². The summed E-state index contributed by atoms with van der Waals surface area (Å²) in [6, 6.07) is 9.77. The fraction of sp³-hybridized carbons (Fsp3) is 0.0556. The van der Waals surface area contributed by atoms with Gasteiger partial charge in [0.2, 0.25) is 0 Å². The predicted molar refractivity (Wildman–Crippen MR) is 93.5 cm³/mol. The van der Waals surface area contributed by atoms with E-state index in [1.807, 2.05) is 0 Å². The number of methoxy groups -OCH3 is 1. The number of thioether (sulfide) groups is 1. The number of carbonyl (C=O) groups excluding carboxylic acids is 3. The van der Waals surface area contributed by atoms with E-state index >= 15 is 0 Å². The lowest BCUT2D eigenvalue weighted by Gasteiger charge is -2.10. The van der Waals surface area contributed by atoms with Crippen LogP contribution in [0.15, 0.2) is 47.4 Å². The smallest absolute Gasteiger partial charge is 0.343 e. The van der Waals surface area contributed by atoms with Crippen molar-refractivity contribution in [3.63, 3.8) is 0 Å². The van der Waals surface area contributed by atoms with E-state index in [9.17, 15) is 18.8 Å². The Morgan fingerprint density at radius 2 is 1.96 bits per heavy atom. The Bertz CT molecular complexity index is 941. The second-order valence-electron chi connectivity index (χ2n) is 5.16. The number of nitrogens with one attached hydrogen (secondary N) is 1. The van der Waals surface area contributed by atoms with Crippen molar-refractivity contribution in [3.05, 3.63) is 64.3 Å². The second kappa shape index (κ2) is 7.40. The molecule has 3 rings (SSSR count). The Morgan fingerprint density at radius 3 is 2.62 bits per heavy atom. The van der Waals surface area contributed by atoms with Gasteiger partial charge in [0, 0.05) is 0 Å². The fourth-order valence-corrected chi connectivity index (χ4v) is 2.89. The molecule has 1 aliphatic heterocycles. The topological polar surface area (TPSA) is 81.7 Å². The van der Waals surface area contributed by atoms with Gasteiger partial charge in [-0.05, 0) is 53.7 Å².